The van der Waals surface area contributed by atoms with Gasteiger partial charge in [-0.05, 0) is 24.3 Å². The summed E-state index contributed by atoms with van der Waals surface area (Å²) in [6, 6.07) is 13.9. The molecule has 22 heavy (non-hydrogen) atoms. The maximum Gasteiger partial charge on any atom is 0.163 e. The van der Waals surface area contributed by atoms with E-state index < -0.39 is 0 Å². The van der Waals surface area contributed by atoms with Gasteiger partial charge in [0.05, 0.1) is 14.2 Å². The van der Waals surface area contributed by atoms with E-state index in [-0.39, 0.29) is 24.4 Å². The van der Waals surface area contributed by atoms with Crippen molar-refractivity contribution in [2.75, 3.05) is 14.2 Å². The summed E-state index contributed by atoms with van der Waals surface area (Å²) in [4.78, 5) is 24.3. The van der Waals surface area contributed by atoms with Gasteiger partial charge in [0.15, 0.2) is 11.6 Å². The number of methoxy groups -OCH3 is 2. The van der Waals surface area contributed by atoms with Crippen molar-refractivity contribution in [2.24, 2.45) is 0 Å². The summed E-state index contributed by atoms with van der Waals surface area (Å²) < 4.78 is 10.2. The number of benzene rings is 2. The Morgan fingerprint density at radius 2 is 1.18 bits per heavy atom. The number of carbonyl (C=O) groups is 2. The second kappa shape index (κ2) is 7.41. The Morgan fingerprint density at radius 1 is 0.773 bits per heavy atom. The van der Waals surface area contributed by atoms with Crippen LogP contribution < -0.4 is 9.47 Å². The number of ether oxygens (including phenoxy) is 2. The number of rotatable bonds is 7. The van der Waals surface area contributed by atoms with E-state index in [1.807, 2.05) is 0 Å². The zero-order valence-electron chi connectivity index (χ0n) is 12.7. The molecule has 0 aromatic heterocycles. The number of Topliss-reactive ketones (excluding diaryl/α,β-unsaturated/α-hetero) is 2. The van der Waals surface area contributed by atoms with E-state index >= 15 is 0 Å². The molecule has 0 saturated heterocycles. The van der Waals surface area contributed by atoms with Crippen LogP contribution in [0.5, 0.6) is 11.5 Å². The Bertz CT molecular complexity index is 617. The van der Waals surface area contributed by atoms with Gasteiger partial charge in [0.1, 0.15) is 11.5 Å². The van der Waals surface area contributed by atoms with Crippen molar-refractivity contribution >= 4 is 11.6 Å². The van der Waals surface area contributed by atoms with Crippen molar-refractivity contribution in [3.63, 3.8) is 0 Å². The van der Waals surface area contributed by atoms with Gasteiger partial charge in [0.25, 0.3) is 0 Å². The molecule has 0 radical (unpaired) electrons. The van der Waals surface area contributed by atoms with Crippen molar-refractivity contribution in [1.29, 1.82) is 0 Å². The normalized spacial score (nSPS) is 10.1. The first kappa shape index (κ1) is 15.8. The molecular formula is C18H18O4. The molecule has 0 aliphatic rings. The van der Waals surface area contributed by atoms with Gasteiger partial charge in [-0.2, -0.15) is 0 Å². The van der Waals surface area contributed by atoms with Gasteiger partial charge in [0, 0.05) is 24.0 Å². The van der Waals surface area contributed by atoms with Crippen LogP contribution in [-0.4, -0.2) is 25.8 Å². The van der Waals surface area contributed by atoms with Crippen LogP contribution in [0.25, 0.3) is 0 Å². The van der Waals surface area contributed by atoms with Gasteiger partial charge in [-0.25, -0.2) is 0 Å². The van der Waals surface area contributed by atoms with Crippen LogP contribution in [0.4, 0.5) is 0 Å². The van der Waals surface area contributed by atoms with Crippen LogP contribution in [0.2, 0.25) is 0 Å². The summed E-state index contributed by atoms with van der Waals surface area (Å²) >= 11 is 0. The third-order valence-corrected chi connectivity index (χ3v) is 3.36. The van der Waals surface area contributed by atoms with E-state index in [9.17, 15) is 9.59 Å². The summed E-state index contributed by atoms with van der Waals surface area (Å²) in [6.07, 6.45) is 0.340. The Balaban J connectivity index is 1.99. The van der Waals surface area contributed by atoms with E-state index in [2.05, 4.69) is 0 Å². The predicted octanol–water partition coefficient (Wildman–Crippen LogP) is 3.55. The quantitative estimate of drug-likeness (QED) is 0.734. The predicted molar refractivity (Wildman–Crippen MR) is 83.9 cm³/mol. The van der Waals surface area contributed by atoms with Crippen molar-refractivity contribution in [1.82, 2.24) is 0 Å². The minimum atomic E-state index is -0.0739. The lowest BCUT2D eigenvalue weighted by Gasteiger charge is -2.05. The number of hydrogen-bond acceptors (Lipinski definition) is 4. The van der Waals surface area contributed by atoms with Crippen molar-refractivity contribution in [3.8, 4) is 11.5 Å². The van der Waals surface area contributed by atoms with Gasteiger partial charge in [-0.1, -0.05) is 24.3 Å². The molecule has 0 bridgehead atoms. The van der Waals surface area contributed by atoms with Crippen molar-refractivity contribution in [3.05, 3.63) is 59.7 Å². The molecule has 0 unspecified atom stereocenters. The van der Waals surface area contributed by atoms with Crippen LogP contribution >= 0.6 is 0 Å². The molecule has 114 valence electrons. The first-order valence-corrected chi connectivity index (χ1v) is 6.98. The molecule has 0 atom stereocenters. The third-order valence-electron chi connectivity index (χ3n) is 3.36. The second-order valence-electron chi connectivity index (χ2n) is 4.81. The monoisotopic (exact) mass is 298 g/mol. The average Bonchev–Trinajstić information content (AvgIpc) is 2.59. The molecular weight excluding hydrogens is 280 g/mol. The smallest absolute Gasteiger partial charge is 0.163 e. The standard InChI is InChI=1S/C18H18O4/c1-21-15-7-3-5-13(11-15)17(19)9-10-18(20)14-6-4-8-16(12-14)22-2/h3-8,11-12H,9-10H2,1-2H3. The Morgan fingerprint density at radius 3 is 1.55 bits per heavy atom. The highest BCUT2D eigenvalue weighted by Crippen LogP contribution is 2.17. The fourth-order valence-corrected chi connectivity index (χ4v) is 2.11. The van der Waals surface area contributed by atoms with Crippen LogP contribution in [0.1, 0.15) is 33.6 Å². The Hall–Kier alpha value is -2.62. The van der Waals surface area contributed by atoms with Gasteiger partial charge in [-0.15, -0.1) is 0 Å². The first-order chi connectivity index (χ1) is 10.6. The van der Waals surface area contributed by atoms with Crippen molar-refractivity contribution < 1.29 is 19.1 Å². The lowest BCUT2D eigenvalue weighted by molar-refractivity contribution is 0.0917. The molecule has 0 N–H and O–H groups in total. The van der Waals surface area contributed by atoms with Crippen LogP contribution in [0.15, 0.2) is 48.5 Å². The van der Waals surface area contributed by atoms with Gasteiger partial charge >= 0.3 is 0 Å². The summed E-state index contributed by atoms with van der Waals surface area (Å²) in [5.41, 5.74) is 1.11. The topological polar surface area (TPSA) is 52.6 Å². The van der Waals surface area contributed by atoms with Gasteiger partial charge < -0.3 is 9.47 Å². The van der Waals surface area contributed by atoms with Crippen LogP contribution in [0.3, 0.4) is 0 Å². The highest BCUT2D eigenvalue weighted by atomic mass is 16.5. The lowest BCUT2D eigenvalue weighted by atomic mass is 10.0. The fourth-order valence-electron chi connectivity index (χ4n) is 2.11. The van der Waals surface area contributed by atoms with Gasteiger partial charge in [-0.3, -0.25) is 9.59 Å². The number of carbonyl (C=O) groups excluding carboxylic acids is 2. The van der Waals surface area contributed by atoms with E-state index in [0.717, 1.165) is 0 Å². The van der Waals surface area contributed by atoms with Crippen LogP contribution in [-0.2, 0) is 0 Å². The molecule has 4 heteroatoms. The molecule has 4 nitrogen and oxygen atoms in total. The zero-order valence-corrected chi connectivity index (χ0v) is 12.7. The molecule has 2 aromatic rings. The van der Waals surface area contributed by atoms with E-state index in [4.69, 9.17) is 9.47 Å². The molecule has 0 aliphatic heterocycles. The molecule has 0 heterocycles. The largest absolute Gasteiger partial charge is 0.497 e. The zero-order chi connectivity index (χ0) is 15.9. The number of ketones is 2. The fraction of sp³-hybridized carbons (Fsp3) is 0.222. The second-order valence-corrected chi connectivity index (χ2v) is 4.81. The summed E-state index contributed by atoms with van der Waals surface area (Å²) in [6.45, 7) is 0. The summed E-state index contributed by atoms with van der Waals surface area (Å²) in [5.74, 6) is 1.11. The Labute approximate surface area is 129 Å². The number of hydrogen-bond donors (Lipinski definition) is 0. The first-order valence-electron chi connectivity index (χ1n) is 6.98. The molecule has 0 spiro atoms. The van der Waals surface area contributed by atoms with E-state index in [1.165, 1.54) is 0 Å². The molecule has 0 saturated carbocycles. The van der Waals surface area contributed by atoms with Crippen LogP contribution in [0, 0.1) is 0 Å². The molecule has 2 rings (SSSR count). The Kier molecular flexibility index (Phi) is 5.31. The highest BCUT2D eigenvalue weighted by Gasteiger charge is 2.12. The summed E-state index contributed by atoms with van der Waals surface area (Å²) in [7, 11) is 3.10. The summed E-state index contributed by atoms with van der Waals surface area (Å²) in [5, 5.41) is 0. The molecule has 0 amide bonds. The van der Waals surface area contributed by atoms with Gasteiger partial charge in [0.2, 0.25) is 0 Å². The SMILES string of the molecule is COc1cccc(C(=O)CCC(=O)c2cccc(OC)c2)c1. The minimum Gasteiger partial charge on any atom is -0.497 e. The van der Waals surface area contributed by atoms with E-state index in [0.29, 0.717) is 22.6 Å². The average molecular weight is 298 g/mol. The van der Waals surface area contributed by atoms with E-state index in [1.54, 1.807) is 62.8 Å². The lowest BCUT2D eigenvalue weighted by Crippen LogP contribution is -2.05. The minimum absolute atomic E-state index is 0.0739. The molecule has 0 aliphatic carbocycles. The molecule has 0 fully saturated rings. The third kappa shape index (κ3) is 3.95. The molecule has 2 aromatic carbocycles. The van der Waals surface area contributed by atoms with Crippen molar-refractivity contribution in [2.45, 2.75) is 12.8 Å². The maximum absolute atomic E-state index is 12.1. The maximum atomic E-state index is 12.1. The highest BCUT2D eigenvalue weighted by molar-refractivity contribution is 6.02.